The number of likely N-dealkylation sites (tertiary alicyclic amines) is 1. The number of hydrogen-bond donors (Lipinski definition) is 1. The van der Waals surface area contributed by atoms with E-state index in [1.54, 1.807) is 17.0 Å². The van der Waals surface area contributed by atoms with Crippen LogP contribution in [0.4, 0.5) is 0 Å². The van der Waals surface area contributed by atoms with Crippen LogP contribution in [0.5, 0.6) is 0 Å². The molecule has 4 nitrogen and oxygen atoms in total. The first-order valence-corrected chi connectivity index (χ1v) is 9.16. The lowest BCUT2D eigenvalue weighted by Gasteiger charge is -2.39. The summed E-state index contributed by atoms with van der Waals surface area (Å²) < 4.78 is 0. The summed E-state index contributed by atoms with van der Waals surface area (Å²) in [5.74, 6) is -0.739. The van der Waals surface area contributed by atoms with E-state index in [1.807, 2.05) is 42.5 Å². The van der Waals surface area contributed by atoms with Gasteiger partial charge in [0.05, 0.1) is 11.8 Å². The van der Waals surface area contributed by atoms with E-state index in [0.29, 0.717) is 43.8 Å². The van der Waals surface area contributed by atoms with Crippen LogP contribution in [0.3, 0.4) is 0 Å². The van der Waals surface area contributed by atoms with E-state index in [0.717, 1.165) is 11.1 Å². The standard InChI is InChI=1S/C21H22ClNO3/c22-18-8-6-16(7-9-18)14-19(24)23-12-10-21(11-13-23,20(25)26)15-17-4-2-1-3-5-17/h1-9H,10-15H2,(H,25,26). The van der Waals surface area contributed by atoms with Crippen molar-refractivity contribution < 1.29 is 14.7 Å². The Labute approximate surface area is 158 Å². The maximum Gasteiger partial charge on any atom is 0.310 e. The van der Waals surface area contributed by atoms with Crippen molar-refractivity contribution >= 4 is 23.5 Å². The van der Waals surface area contributed by atoms with Gasteiger partial charge in [-0.25, -0.2) is 0 Å². The molecule has 1 heterocycles. The normalized spacial score (nSPS) is 16.3. The fourth-order valence-electron chi connectivity index (χ4n) is 3.53. The van der Waals surface area contributed by atoms with Crippen LogP contribution in [0.1, 0.15) is 24.0 Å². The highest BCUT2D eigenvalue weighted by Gasteiger charge is 2.42. The molecular formula is C21H22ClNO3. The third-order valence-corrected chi connectivity index (χ3v) is 5.43. The lowest BCUT2D eigenvalue weighted by Crippen LogP contribution is -2.48. The summed E-state index contributed by atoms with van der Waals surface area (Å²) in [7, 11) is 0. The van der Waals surface area contributed by atoms with Crippen molar-refractivity contribution in [3.05, 3.63) is 70.7 Å². The molecule has 2 aromatic carbocycles. The Balaban J connectivity index is 1.63. The summed E-state index contributed by atoms with van der Waals surface area (Å²) in [6.45, 7) is 0.955. The maximum atomic E-state index is 12.5. The Morgan fingerprint density at radius 2 is 1.58 bits per heavy atom. The second kappa shape index (κ2) is 7.92. The minimum absolute atomic E-state index is 0.0334. The average Bonchev–Trinajstić information content (AvgIpc) is 2.65. The van der Waals surface area contributed by atoms with Gasteiger partial charge in [0.2, 0.25) is 5.91 Å². The minimum atomic E-state index is -0.793. The summed E-state index contributed by atoms with van der Waals surface area (Å²) >= 11 is 5.87. The van der Waals surface area contributed by atoms with Crippen molar-refractivity contribution in [2.24, 2.45) is 5.41 Å². The van der Waals surface area contributed by atoms with Crippen molar-refractivity contribution in [1.82, 2.24) is 4.90 Å². The van der Waals surface area contributed by atoms with Gasteiger partial charge < -0.3 is 10.0 Å². The summed E-state index contributed by atoms with van der Waals surface area (Å²) in [6.07, 6.45) is 1.77. The molecule has 3 rings (SSSR count). The molecule has 0 spiro atoms. The quantitative estimate of drug-likeness (QED) is 0.869. The molecule has 0 atom stereocenters. The number of rotatable bonds is 5. The lowest BCUT2D eigenvalue weighted by molar-refractivity contribution is -0.154. The minimum Gasteiger partial charge on any atom is -0.481 e. The van der Waals surface area contributed by atoms with Gasteiger partial charge in [0.15, 0.2) is 0 Å². The number of carboxylic acids is 1. The first-order valence-electron chi connectivity index (χ1n) is 8.78. The molecule has 1 aliphatic heterocycles. The Bertz CT molecular complexity index is 766. The molecule has 1 aliphatic rings. The summed E-state index contributed by atoms with van der Waals surface area (Å²) in [5.41, 5.74) is 1.15. The SMILES string of the molecule is O=C(Cc1ccc(Cl)cc1)N1CCC(Cc2ccccc2)(C(=O)O)CC1. The number of benzene rings is 2. The molecule has 0 aromatic heterocycles. The first kappa shape index (κ1) is 18.5. The van der Waals surface area contributed by atoms with Gasteiger partial charge in [-0.2, -0.15) is 0 Å². The number of carboxylic acid groups (broad SMARTS) is 1. The van der Waals surface area contributed by atoms with Gasteiger partial charge in [0.25, 0.3) is 0 Å². The summed E-state index contributed by atoms with van der Waals surface area (Å²) in [4.78, 5) is 26.3. The molecule has 0 saturated carbocycles. The third-order valence-electron chi connectivity index (χ3n) is 5.18. The molecule has 0 radical (unpaired) electrons. The molecule has 1 fully saturated rings. The van der Waals surface area contributed by atoms with E-state index in [2.05, 4.69) is 0 Å². The molecule has 1 amide bonds. The van der Waals surface area contributed by atoms with Crippen LogP contribution in [0, 0.1) is 5.41 Å². The van der Waals surface area contributed by atoms with Gasteiger partial charge in [-0.05, 0) is 42.5 Å². The highest BCUT2D eigenvalue weighted by atomic mass is 35.5. The largest absolute Gasteiger partial charge is 0.481 e. The van der Waals surface area contributed by atoms with E-state index < -0.39 is 11.4 Å². The number of hydrogen-bond acceptors (Lipinski definition) is 2. The van der Waals surface area contributed by atoms with E-state index in [1.165, 1.54) is 0 Å². The van der Waals surface area contributed by atoms with Gasteiger partial charge in [-0.1, -0.05) is 54.1 Å². The van der Waals surface area contributed by atoms with E-state index in [9.17, 15) is 14.7 Å². The highest BCUT2D eigenvalue weighted by Crippen LogP contribution is 2.35. The Kier molecular flexibility index (Phi) is 5.62. The maximum absolute atomic E-state index is 12.5. The number of carbonyl (C=O) groups excluding carboxylic acids is 1. The number of carbonyl (C=O) groups is 2. The van der Waals surface area contributed by atoms with Crippen LogP contribution in [0.25, 0.3) is 0 Å². The molecule has 1 saturated heterocycles. The Hall–Kier alpha value is -2.33. The highest BCUT2D eigenvalue weighted by molar-refractivity contribution is 6.30. The van der Waals surface area contributed by atoms with E-state index in [4.69, 9.17) is 11.6 Å². The topological polar surface area (TPSA) is 57.6 Å². The molecule has 0 unspecified atom stereocenters. The third kappa shape index (κ3) is 4.25. The summed E-state index contributed by atoms with van der Waals surface area (Å²) in [5, 5.41) is 10.5. The first-order chi connectivity index (χ1) is 12.5. The Morgan fingerprint density at radius 3 is 2.15 bits per heavy atom. The lowest BCUT2D eigenvalue weighted by atomic mass is 9.73. The Morgan fingerprint density at radius 1 is 0.962 bits per heavy atom. The monoisotopic (exact) mass is 371 g/mol. The van der Waals surface area contributed by atoms with Crippen molar-refractivity contribution in [2.75, 3.05) is 13.1 Å². The van der Waals surface area contributed by atoms with Crippen LogP contribution >= 0.6 is 11.6 Å². The van der Waals surface area contributed by atoms with Crippen LogP contribution in [0.15, 0.2) is 54.6 Å². The van der Waals surface area contributed by atoms with Gasteiger partial charge >= 0.3 is 5.97 Å². The molecule has 136 valence electrons. The van der Waals surface area contributed by atoms with Crippen LogP contribution < -0.4 is 0 Å². The number of nitrogens with zero attached hydrogens (tertiary/aromatic N) is 1. The summed E-state index contributed by atoms with van der Waals surface area (Å²) in [6, 6.07) is 16.9. The fourth-order valence-corrected chi connectivity index (χ4v) is 3.65. The fraction of sp³-hybridized carbons (Fsp3) is 0.333. The zero-order valence-corrected chi connectivity index (χ0v) is 15.3. The van der Waals surface area contributed by atoms with Crippen LogP contribution in [-0.4, -0.2) is 35.0 Å². The van der Waals surface area contributed by atoms with Gasteiger partial charge in [0.1, 0.15) is 0 Å². The van der Waals surface area contributed by atoms with Crippen molar-refractivity contribution in [2.45, 2.75) is 25.7 Å². The van der Waals surface area contributed by atoms with Crippen molar-refractivity contribution in [3.8, 4) is 0 Å². The zero-order valence-electron chi connectivity index (χ0n) is 14.5. The molecule has 0 bridgehead atoms. The second-order valence-corrected chi connectivity index (χ2v) is 7.37. The smallest absolute Gasteiger partial charge is 0.310 e. The molecule has 1 N–H and O–H groups in total. The van der Waals surface area contributed by atoms with E-state index >= 15 is 0 Å². The molecule has 2 aromatic rings. The number of piperidine rings is 1. The number of amides is 1. The molecular weight excluding hydrogens is 350 g/mol. The molecule has 0 aliphatic carbocycles. The molecule has 5 heteroatoms. The van der Waals surface area contributed by atoms with Crippen LogP contribution in [0.2, 0.25) is 5.02 Å². The zero-order chi connectivity index (χ0) is 18.6. The van der Waals surface area contributed by atoms with E-state index in [-0.39, 0.29) is 5.91 Å². The van der Waals surface area contributed by atoms with Crippen molar-refractivity contribution in [1.29, 1.82) is 0 Å². The predicted octanol–water partition coefficient (Wildman–Crippen LogP) is 3.82. The average molecular weight is 372 g/mol. The predicted molar refractivity (Wildman–Crippen MR) is 101 cm³/mol. The second-order valence-electron chi connectivity index (χ2n) is 6.93. The van der Waals surface area contributed by atoms with Gasteiger partial charge in [-0.15, -0.1) is 0 Å². The van der Waals surface area contributed by atoms with Gasteiger partial charge in [0, 0.05) is 18.1 Å². The molecule has 26 heavy (non-hydrogen) atoms. The van der Waals surface area contributed by atoms with Gasteiger partial charge in [-0.3, -0.25) is 9.59 Å². The van der Waals surface area contributed by atoms with Crippen molar-refractivity contribution in [3.63, 3.8) is 0 Å². The number of halogens is 1. The van der Waals surface area contributed by atoms with Crippen LogP contribution in [-0.2, 0) is 22.4 Å². The number of aliphatic carboxylic acids is 1.